The zero-order chi connectivity index (χ0) is 27.1. The van der Waals surface area contributed by atoms with Gasteiger partial charge in [0, 0.05) is 29.5 Å². The van der Waals surface area contributed by atoms with Crippen LogP contribution in [0.15, 0.2) is 64.3 Å². The van der Waals surface area contributed by atoms with Gasteiger partial charge in [0.15, 0.2) is 0 Å². The fourth-order valence-corrected chi connectivity index (χ4v) is 7.58. The lowest BCUT2D eigenvalue weighted by molar-refractivity contribution is -0.137. The van der Waals surface area contributed by atoms with E-state index in [0.29, 0.717) is 28.3 Å². The van der Waals surface area contributed by atoms with E-state index >= 15 is 0 Å². The second-order valence-electron chi connectivity index (χ2n) is 9.49. The molecule has 2 aromatic carbocycles. The maximum atomic E-state index is 14.0. The molecule has 9 heteroatoms. The lowest BCUT2D eigenvalue weighted by Crippen LogP contribution is -2.37. The number of hydrogen-bond acceptors (Lipinski definition) is 7. The highest BCUT2D eigenvalue weighted by molar-refractivity contribution is 8.24. The molecular formula is C28H38FNO5S2. The topological polar surface area (TPSA) is 79.2 Å². The van der Waals surface area contributed by atoms with Crippen molar-refractivity contribution in [2.75, 3.05) is 30.6 Å². The number of ether oxygens (including phenoxy) is 2. The zero-order valence-corrected chi connectivity index (χ0v) is 23.7. The van der Waals surface area contributed by atoms with E-state index < -0.39 is 22.4 Å². The summed E-state index contributed by atoms with van der Waals surface area (Å²) in [6.45, 7) is 4.97. The highest BCUT2D eigenvalue weighted by Gasteiger charge is 2.42. The Balaban J connectivity index is 2.20. The quantitative estimate of drug-likeness (QED) is 0.126. The molecule has 0 radical (unpaired) electrons. The third-order valence-corrected chi connectivity index (χ3v) is 9.55. The smallest absolute Gasteiger partial charge is 0.370 e. The molecule has 1 aliphatic rings. The van der Waals surface area contributed by atoms with Crippen molar-refractivity contribution in [2.45, 2.75) is 62.2 Å². The summed E-state index contributed by atoms with van der Waals surface area (Å²) in [5.74, 6) is -1.83. The third kappa shape index (κ3) is 7.02. The SMILES string of the molecule is CCCCC1(CCCC)CN(c2ccccc2)c2cc(SC)c(O/C=C(\F)C(=O)OC)cc2S(O)(O)C1. The predicted molar refractivity (Wildman–Crippen MR) is 151 cm³/mol. The fraction of sp³-hybridized carbons (Fsp3) is 0.464. The van der Waals surface area contributed by atoms with Crippen molar-refractivity contribution in [2.24, 2.45) is 5.41 Å². The number of rotatable bonds is 11. The number of unbranched alkanes of at least 4 members (excludes halogenated alkanes) is 2. The Morgan fingerprint density at radius 3 is 2.38 bits per heavy atom. The maximum Gasteiger partial charge on any atom is 0.370 e. The first-order valence-electron chi connectivity index (χ1n) is 12.6. The van der Waals surface area contributed by atoms with Gasteiger partial charge in [-0.1, -0.05) is 57.7 Å². The molecule has 0 spiro atoms. The van der Waals surface area contributed by atoms with Gasteiger partial charge in [-0.05, 0) is 37.3 Å². The molecule has 0 saturated heterocycles. The summed E-state index contributed by atoms with van der Waals surface area (Å²) in [6, 6.07) is 13.4. The first-order valence-corrected chi connectivity index (χ1v) is 15.6. The molecule has 0 saturated carbocycles. The number of anilines is 2. The summed E-state index contributed by atoms with van der Waals surface area (Å²) >= 11 is 1.39. The molecule has 0 bridgehead atoms. The van der Waals surface area contributed by atoms with E-state index in [2.05, 4.69) is 23.5 Å². The van der Waals surface area contributed by atoms with Gasteiger partial charge in [0.05, 0.1) is 22.6 Å². The van der Waals surface area contributed by atoms with Gasteiger partial charge in [0.1, 0.15) is 12.0 Å². The molecule has 2 aromatic rings. The van der Waals surface area contributed by atoms with Crippen LogP contribution in [-0.2, 0) is 9.53 Å². The highest BCUT2D eigenvalue weighted by Crippen LogP contribution is 2.62. The van der Waals surface area contributed by atoms with Crippen LogP contribution in [0.1, 0.15) is 52.4 Å². The van der Waals surface area contributed by atoms with E-state index in [4.69, 9.17) is 4.74 Å². The zero-order valence-electron chi connectivity index (χ0n) is 22.0. The Morgan fingerprint density at radius 2 is 1.81 bits per heavy atom. The van der Waals surface area contributed by atoms with E-state index in [1.165, 1.54) is 11.8 Å². The number of thioether (sulfide) groups is 1. The molecule has 37 heavy (non-hydrogen) atoms. The number of para-hydroxylation sites is 1. The number of nitrogens with zero attached hydrogens (tertiary/aromatic N) is 1. The minimum absolute atomic E-state index is 0.243. The number of benzene rings is 2. The van der Waals surface area contributed by atoms with Gasteiger partial charge in [0.25, 0.3) is 0 Å². The van der Waals surface area contributed by atoms with Crippen molar-refractivity contribution in [1.29, 1.82) is 0 Å². The number of methoxy groups -OCH3 is 1. The van der Waals surface area contributed by atoms with Crippen LogP contribution in [0.2, 0.25) is 0 Å². The molecule has 1 heterocycles. The van der Waals surface area contributed by atoms with Crippen LogP contribution in [-0.4, -0.2) is 40.7 Å². The normalized spacial score (nSPS) is 17.5. The minimum atomic E-state index is -3.23. The summed E-state index contributed by atoms with van der Waals surface area (Å²) in [5, 5.41) is 0. The van der Waals surface area contributed by atoms with Crippen molar-refractivity contribution in [3.63, 3.8) is 0 Å². The van der Waals surface area contributed by atoms with Gasteiger partial charge < -0.3 is 14.4 Å². The Kier molecular flexibility index (Phi) is 10.3. The lowest BCUT2D eigenvalue weighted by Gasteiger charge is -2.42. The minimum Gasteiger partial charge on any atom is -0.464 e. The van der Waals surface area contributed by atoms with Crippen molar-refractivity contribution in [1.82, 2.24) is 0 Å². The molecule has 0 fully saturated rings. The van der Waals surface area contributed by atoms with Crippen LogP contribution in [0.5, 0.6) is 5.75 Å². The number of hydrogen-bond donors (Lipinski definition) is 2. The first kappa shape index (κ1) is 29.4. The second-order valence-corrected chi connectivity index (χ2v) is 12.4. The maximum absolute atomic E-state index is 14.0. The summed E-state index contributed by atoms with van der Waals surface area (Å²) < 4.78 is 47.4. The van der Waals surface area contributed by atoms with Gasteiger partial charge in [-0.25, -0.2) is 4.79 Å². The van der Waals surface area contributed by atoms with Crippen LogP contribution in [0.3, 0.4) is 0 Å². The van der Waals surface area contributed by atoms with Gasteiger partial charge in [0.2, 0.25) is 5.83 Å². The molecule has 204 valence electrons. The highest BCUT2D eigenvalue weighted by atomic mass is 32.3. The average molecular weight is 552 g/mol. The van der Waals surface area contributed by atoms with Crippen molar-refractivity contribution < 1.29 is 27.8 Å². The van der Waals surface area contributed by atoms with Crippen molar-refractivity contribution >= 4 is 39.7 Å². The summed E-state index contributed by atoms with van der Waals surface area (Å²) in [7, 11) is -2.15. The molecular weight excluding hydrogens is 513 g/mol. The van der Waals surface area contributed by atoms with Crippen molar-refractivity contribution in [3.05, 3.63) is 54.6 Å². The van der Waals surface area contributed by atoms with Gasteiger partial charge in [-0.3, -0.25) is 9.11 Å². The Morgan fingerprint density at radius 1 is 1.16 bits per heavy atom. The molecule has 2 N–H and O–H groups in total. The van der Waals surface area contributed by atoms with Crippen LogP contribution in [0.25, 0.3) is 0 Å². The Hall–Kier alpha value is -2.20. The van der Waals surface area contributed by atoms with E-state index in [9.17, 15) is 18.3 Å². The predicted octanol–water partition coefficient (Wildman–Crippen LogP) is 8.40. The third-order valence-electron chi connectivity index (χ3n) is 6.75. The van der Waals surface area contributed by atoms with Crippen LogP contribution in [0, 0.1) is 5.41 Å². The monoisotopic (exact) mass is 551 g/mol. The van der Waals surface area contributed by atoms with Gasteiger partial charge in [-0.15, -0.1) is 11.8 Å². The number of carbonyl (C=O) groups excluding carboxylic acids is 1. The number of carbonyl (C=O) groups is 1. The van der Waals surface area contributed by atoms with Gasteiger partial charge in [-0.2, -0.15) is 15.0 Å². The van der Waals surface area contributed by atoms with E-state index in [0.717, 1.165) is 51.3 Å². The molecule has 1 aliphatic heterocycles. The largest absolute Gasteiger partial charge is 0.464 e. The number of fused-ring (bicyclic) bond motifs is 1. The number of halogens is 1. The fourth-order valence-electron chi connectivity index (χ4n) is 4.86. The van der Waals surface area contributed by atoms with Crippen LogP contribution < -0.4 is 9.64 Å². The van der Waals surface area contributed by atoms with Gasteiger partial charge >= 0.3 is 5.97 Å². The Bertz CT molecular complexity index is 1090. The first-order chi connectivity index (χ1) is 17.7. The summed E-state index contributed by atoms with van der Waals surface area (Å²) in [6.07, 6.45) is 8.39. The molecule has 6 nitrogen and oxygen atoms in total. The number of esters is 1. The Labute approximate surface area is 225 Å². The second kappa shape index (κ2) is 13.0. The molecule has 3 rings (SSSR count). The van der Waals surface area contributed by atoms with E-state index in [-0.39, 0.29) is 16.9 Å². The van der Waals surface area contributed by atoms with E-state index in [1.54, 1.807) is 6.07 Å². The molecule has 0 unspecified atom stereocenters. The van der Waals surface area contributed by atoms with E-state index in [1.807, 2.05) is 42.7 Å². The van der Waals surface area contributed by atoms with Crippen molar-refractivity contribution in [3.8, 4) is 5.75 Å². The molecule has 0 atom stereocenters. The lowest BCUT2D eigenvalue weighted by atomic mass is 9.79. The van der Waals surface area contributed by atoms with Crippen LogP contribution >= 0.6 is 22.4 Å². The van der Waals surface area contributed by atoms with Crippen LogP contribution in [0.4, 0.5) is 15.8 Å². The molecule has 0 aromatic heterocycles. The molecule has 0 amide bonds. The molecule has 0 aliphatic carbocycles. The standard InChI is InChI=1S/C28H38FNO5S2/c1-5-7-14-28(15-8-6-2)19-30(21-12-10-9-11-13-21)23-16-25(36-4)24(17-26(23)37(32,33)20-28)35-18-22(29)27(31)34-3/h9-13,16-18,32-33H,5-8,14-15,19-20H2,1-4H3/b22-18-. The average Bonchev–Trinajstić information content (AvgIpc) is 3.00. The summed E-state index contributed by atoms with van der Waals surface area (Å²) in [5.41, 5.74) is 1.38. The summed E-state index contributed by atoms with van der Waals surface area (Å²) in [4.78, 5) is 14.7.